The van der Waals surface area contributed by atoms with E-state index in [2.05, 4.69) is 4.98 Å². The van der Waals surface area contributed by atoms with Crippen LogP contribution >= 0.6 is 0 Å². The Balaban J connectivity index is 1.96. The minimum Gasteiger partial charge on any atom is -0.497 e. The molecule has 112 valence electrons. The zero-order chi connectivity index (χ0) is 15.7. The first-order chi connectivity index (χ1) is 10.6. The molecule has 0 fully saturated rings. The SMILES string of the molecule is COc1ccc(C(=O)c2nc3ccc(N(C)C)cc3o2)cc1. The van der Waals surface area contributed by atoms with Gasteiger partial charge in [-0.05, 0) is 36.4 Å². The molecule has 1 heterocycles. The second-order valence-corrected chi connectivity index (χ2v) is 5.12. The molecule has 3 rings (SSSR count). The topological polar surface area (TPSA) is 55.6 Å². The average Bonchev–Trinajstić information content (AvgIpc) is 2.97. The van der Waals surface area contributed by atoms with Crippen LogP contribution in [0.4, 0.5) is 5.69 Å². The Hall–Kier alpha value is -2.82. The number of oxazole rings is 1. The highest BCUT2D eigenvalue weighted by Gasteiger charge is 2.17. The van der Waals surface area contributed by atoms with Crippen molar-refractivity contribution in [1.29, 1.82) is 0 Å². The molecule has 5 heteroatoms. The second kappa shape index (κ2) is 5.52. The maximum Gasteiger partial charge on any atom is 0.269 e. The lowest BCUT2D eigenvalue weighted by atomic mass is 10.1. The van der Waals surface area contributed by atoms with Gasteiger partial charge in [0.1, 0.15) is 11.3 Å². The van der Waals surface area contributed by atoms with Crippen LogP contribution in [0.25, 0.3) is 11.1 Å². The van der Waals surface area contributed by atoms with Crippen LogP contribution in [0.2, 0.25) is 0 Å². The van der Waals surface area contributed by atoms with Crippen molar-refractivity contribution in [3.8, 4) is 5.75 Å². The second-order valence-electron chi connectivity index (χ2n) is 5.12. The molecule has 2 aromatic carbocycles. The van der Waals surface area contributed by atoms with E-state index in [0.717, 1.165) is 5.69 Å². The smallest absolute Gasteiger partial charge is 0.269 e. The van der Waals surface area contributed by atoms with Crippen LogP contribution < -0.4 is 9.64 Å². The standard InChI is InChI=1S/C17H16N2O3/c1-19(2)12-6-9-14-15(10-12)22-17(18-14)16(20)11-4-7-13(21-3)8-5-11/h4-10H,1-3H3. The number of rotatable bonds is 4. The van der Waals surface area contributed by atoms with Crippen LogP contribution in [0.15, 0.2) is 46.9 Å². The first-order valence-corrected chi connectivity index (χ1v) is 6.85. The molecule has 0 spiro atoms. The van der Waals surface area contributed by atoms with Gasteiger partial charge >= 0.3 is 0 Å². The number of hydrogen-bond acceptors (Lipinski definition) is 5. The Morgan fingerprint density at radius 3 is 2.50 bits per heavy atom. The number of carbonyl (C=O) groups is 1. The van der Waals surface area contributed by atoms with E-state index in [4.69, 9.17) is 9.15 Å². The maximum absolute atomic E-state index is 12.4. The third kappa shape index (κ3) is 2.53. The van der Waals surface area contributed by atoms with Crippen molar-refractivity contribution >= 4 is 22.6 Å². The van der Waals surface area contributed by atoms with Gasteiger partial charge in [0, 0.05) is 31.4 Å². The summed E-state index contributed by atoms with van der Waals surface area (Å²) in [5, 5.41) is 0. The number of aromatic nitrogens is 1. The molecule has 0 N–H and O–H groups in total. The van der Waals surface area contributed by atoms with Crippen molar-refractivity contribution in [3.05, 3.63) is 53.9 Å². The minimum atomic E-state index is -0.245. The number of carbonyl (C=O) groups excluding carboxylic acids is 1. The number of hydrogen-bond donors (Lipinski definition) is 0. The molecule has 5 nitrogen and oxygen atoms in total. The maximum atomic E-state index is 12.4. The summed E-state index contributed by atoms with van der Waals surface area (Å²) < 4.78 is 10.7. The van der Waals surface area contributed by atoms with Gasteiger partial charge in [-0.2, -0.15) is 0 Å². The molecular weight excluding hydrogens is 280 g/mol. The number of ether oxygens (including phenoxy) is 1. The van der Waals surface area contributed by atoms with Gasteiger partial charge in [-0.3, -0.25) is 4.79 Å². The molecular formula is C17H16N2O3. The van der Waals surface area contributed by atoms with E-state index in [1.165, 1.54) is 0 Å². The normalized spacial score (nSPS) is 10.7. The zero-order valence-electron chi connectivity index (χ0n) is 12.7. The lowest BCUT2D eigenvalue weighted by Crippen LogP contribution is -2.07. The van der Waals surface area contributed by atoms with Crippen molar-refractivity contribution in [2.75, 3.05) is 26.1 Å². The molecule has 0 saturated carbocycles. The van der Waals surface area contributed by atoms with E-state index in [0.29, 0.717) is 22.4 Å². The van der Waals surface area contributed by atoms with E-state index in [-0.39, 0.29) is 11.7 Å². The van der Waals surface area contributed by atoms with Gasteiger partial charge in [0.05, 0.1) is 7.11 Å². The Morgan fingerprint density at radius 1 is 1.14 bits per heavy atom. The highest BCUT2D eigenvalue weighted by atomic mass is 16.5. The lowest BCUT2D eigenvalue weighted by Gasteiger charge is -2.10. The van der Waals surface area contributed by atoms with Crippen LogP contribution in [0.3, 0.4) is 0 Å². The fourth-order valence-electron chi connectivity index (χ4n) is 2.15. The number of methoxy groups -OCH3 is 1. The monoisotopic (exact) mass is 296 g/mol. The van der Waals surface area contributed by atoms with Gasteiger partial charge in [-0.1, -0.05) is 0 Å². The van der Waals surface area contributed by atoms with Crippen molar-refractivity contribution in [2.45, 2.75) is 0 Å². The van der Waals surface area contributed by atoms with Crippen molar-refractivity contribution in [1.82, 2.24) is 4.98 Å². The van der Waals surface area contributed by atoms with Gasteiger partial charge in [-0.15, -0.1) is 0 Å². The molecule has 0 bridgehead atoms. The highest BCUT2D eigenvalue weighted by Crippen LogP contribution is 2.23. The molecule has 0 aliphatic rings. The third-order valence-corrected chi connectivity index (χ3v) is 3.43. The van der Waals surface area contributed by atoms with E-state index in [1.807, 2.05) is 37.2 Å². The fraction of sp³-hybridized carbons (Fsp3) is 0.176. The van der Waals surface area contributed by atoms with Crippen LogP contribution in [0.5, 0.6) is 5.75 Å². The minimum absolute atomic E-state index is 0.0936. The Kier molecular flexibility index (Phi) is 3.55. The zero-order valence-corrected chi connectivity index (χ0v) is 12.7. The van der Waals surface area contributed by atoms with Crippen molar-refractivity contribution < 1.29 is 13.9 Å². The van der Waals surface area contributed by atoms with Crippen LogP contribution in [0, 0.1) is 0 Å². The van der Waals surface area contributed by atoms with E-state index in [1.54, 1.807) is 31.4 Å². The quantitative estimate of drug-likeness (QED) is 0.692. The highest BCUT2D eigenvalue weighted by molar-refractivity contribution is 6.07. The Labute approximate surface area is 128 Å². The number of nitrogens with zero attached hydrogens (tertiary/aromatic N) is 2. The number of ketones is 1. The van der Waals surface area contributed by atoms with Crippen molar-refractivity contribution in [3.63, 3.8) is 0 Å². The summed E-state index contributed by atoms with van der Waals surface area (Å²) in [5.74, 6) is 0.547. The molecule has 0 radical (unpaired) electrons. The molecule has 0 aliphatic carbocycles. The lowest BCUT2D eigenvalue weighted by molar-refractivity contribution is 0.100. The molecule has 22 heavy (non-hydrogen) atoms. The molecule has 3 aromatic rings. The molecule has 0 aliphatic heterocycles. The van der Waals surface area contributed by atoms with Gasteiger partial charge < -0.3 is 14.1 Å². The first-order valence-electron chi connectivity index (χ1n) is 6.85. The van der Waals surface area contributed by atoms with Gasteiger partial charge in [0.15, 0.2) is 5.58 Å². The predicted octanol–water partition coefficient (Wildman–Crippen LogP) is 3.13. The summed E-state index contributed by atoms with van der Waals surface area (Å²) >= 11 is 0. The van der Waals surface area contributed by atoms with Crippen LogP contribution in [-0.2, 0) is 0 Å². The molecule has 0 unspecified atom stereocenters. The third-order valence-electron chi connectivity index (χ3n) is 3.43. The summed E-state index contributed by atoms with van der Waals surface area (Å²) in [6, 6.07) is 12.5. The molecule has 0 amide bonds. The number of fused-ring (bicyclic) bond motifs is 1. The van der Waals surface area contributed by atoms with E-state index in [9.17, 15) is 4.79 Å². The average molecular weight is 296 g/mol. The number of benzene rings is 2. The summed E-state index contributed by atoms with van der Waals surface area (Å²) in [6.07, 6.45) is 0. The first kappa shape index (κ1) is 14.1. The van der Waals surface area contributed by atoms with E-state index < -0.39 is 0 Å². The summed E-state index contributed by atoms with van der Waals surface area (Å²) in [4.78, 5) is 18.7. The predicted molar refractivity (Wildman–Crippen MR) is 84.8 cm³/mol. The molecule has 0 atom stereocenters. The Bertz CT molecular complexity index is 820. The van der Waals surface area contributed by atoms with Crippen LogP contribution in [-0.4, -0.2) is 32.0 Å². The molecule has 0 saturated heterocycles. The Morgan fingerprint density at radius 2 is 1.86 bits per heavy atom. The fourth-order valence-corrected chi connectivity index (χ4v) is 2.15. The summed E-state index contributed by atoms with van der Waals surface area (Å²) in [5.41, 5.74) is 2.78. The summed E-state index contributed by atoms with van der Waals surface area (Å²) in [6.45, 7) is 0. The summed E-state index contributed by atoms with van der Waals surface area (Å²) in [7, 11) is 5.47. The van der Waals surface area contributed by atoms with Crippen LogP contribution in [0.1, 0.15) is 16.2 Å². The van der Waals surface area contributed by atoms with Gasteiger partial charge in [0.2, 0.25) is 5.78 Å². The largest absolute Gasteiger partial charge is 0.497 e. The molecule has 1 aromatic heterocycles. The van der Waals surface area contributed by atoms with Gasteiger partial charge in [0.25, 0.3) is 5.89 Å². The number of anilines is 1. The van der Waals surface area contributed by atoms with Gasteiger partial charge in [-0.25, -0.2) is 4.98 Å². The van der Waals surface area contributed by atoms with E-state index >= 15 is 0 Å². The van der Waals surface area contributed by atoms with Crippen molar-refractivity contribution in [2.24, 2.45) is 0 Å².